The van der Waals surface area contributed by atoms with E-state index in [9.17, 15) is 9.59 Å². The first kappa shape index (κ1) is 11.9. The van der Waals surface area contributed by atoms with Crippen molar-refractivity contribution in [2.75, 3.05) is 13.0 Å². The first-order chi connectivity index (χ1) is 6.10. The Hall–Kier alpha value is -1.10. The third-order valence-electron chi connectivity index (χ3n) is 0.972. The summed E-state index contributed by atoms with van der Waals surface area (Å²) < 4.78 is 4.57. The number of carbonyl (C=O) groups is 2. The molecule has 0 atom stereocenters. The molecule has 0 aliphatic rings. The Balaban J connectivity index is 3.88. The number of Topliss-reactive ketones (excluding diaryl/α,β-unsaturated/α-hetero) is 1. The fourth-order valence-electron chi connectivity index (χ4n) is 0.556. The average molecular weight is 208 g/mol. The molecule has 6 heteroatoms. The summed E-state index contributed by atoms with van der Waals surface area (Å²) in [7, 11) is 1.32. The van der Waals surface area contributed by atoms with Gasteiger partial charge in [-0.3, -0.25) is 9.59 Å². The maximum Gasteiger partial charge on any atom is 0.319 e. The van der Waals surface area contributed by atoms with E-state index in [0.29, 0.717) is 0 Å². The molecule has 0 saturated heterocycles. The van der Waals surface area contributed by atoms with E-state index < -0.39 is 11.8 Å². The van der Waals surface area contributed by atoms with Gasteiger partial charge in [0, 0.05) is 6.92 Å². The Morgan fingerprint density at radius 3 is 2.54 bits per heavy atom. The van der Waals surface area contributed by atoms with Crippen LogP contribution in [0, 0.1) is 0 Å². The van der Waals surface area contributed by atoms with Crippen LogP contribution in [0.25, 0.3) is 0 Å². The zero-order valence-electron chi connectivity index (χ0n) is 7.37. The van der Waals surface area contributed by atoms with Crippen LogP contribution in [-0.2, 0) is 19.2 Å². The summed E-state index contributed by atoms with van der Waals surface area (Å²) in [6, 6.07) is 0. The summed E-state index contributed by atoms with van der Waals surface area (Å²) >= 11 is 5.18. The van der Waals surface area contributed by atoms with Crippen molar-refractivity contribution in [2.45, 2.75) is 13.3 Å². The fourth-order valence-corrected chi connectivity index (χ4v) is 0.651. The maximum absolute atomic E-state index is 10.9. The number of nitrogens with zero attached hydrogens (tertiary/aromatic N) is 1. The van der Waals surface area contributed by atoms with Gasteiger partial charge in [0.1, 0.15) is 13.5 Å². The standard InChI is InChI=1S/C7H10ClNO4/c1-5(9-12-2)13-7(11)3-6(10)4-8/h3-4H2,1-2H3/b9-5+. The van der Waals surface area contributed by atoms with Gasteiger partial charge in [-0.25, -0.2) is 0 Å². The molecular weight excluding hydrogens is 198 g/mol. The molecule has 0 aromatic carbocycles. The Kier molecular flexibility index (Phi) is 5.88. The van der Waals surface area contributed by atoms with Crippen LogP contribution in [0.5, 0.6) is 0 Å². The lowest BCUT2D eigenvalue weighted by molar-refractivity contribution is -0.138. The largest absolute Gasteiger partial charge is 0.408 e. The van der Waals surface area contributed by atoms with Gasteiger partial charge in [0.15, 0.2) is 5.78 Å². The van der Waals surface area contributed by atoms with E-state index >= 15 is 0 Å². The van der Waals surface area contributed by atoms with Crippen LogP contribution in [0.3, 0.4) is 0 Å². The predicted octanol–water partition coefficient (Wildman–Crippen LogP) is 0.707. The summed E-state index contributed by atoms with van der Waals surface area (Å²) in [4.78, 5) is 25.9. The summed E-state index contributed by atoms with van der Waals surface area (Å²) in [5.74, 6) is -1.23. The van der Waals surface area contributed by atoms with Gasteiger partial charge >= 0.3 is 5.97 Å². The molecule has 0 aliphatic carbocycles. The minimum absolute atomic E-state index is 0.0508. The molecule has 0 rings (SSSR count). The van der Waals surface area contributed by atoms with Crippen molar-refractivity contribution in [3.05, 3.63) is 0 Å². The third kappa shape index (κ3) is 6.10. The van der Waals surface area contributed by atoms with Crippen molar-refractivity contribution >= 4 is 29.3 Å². The minimum atomic E-state index is -0.691. The smallest absolute Gasteiger partial charge is 0.319 e. The van der Waals surface area contributed by atoms with Gasteiger partial charge in [-0.05, 0) is 0 Å². The molecule has 0 heterocycles. The number of carbonyl (C=O) groups excluding carboxylic acids is 2. The highest BCUT2D eigenvalue weighted by Gasteiger charge is 2.10. The molecule has 0 N–H and O–H groups in total. The van der Waals surface area contributed by atoms with Gasteiger partial charge in [-0.15, -0.1) is 11.6 Å². The lowest BCUT2D eigenvalue weighted by atomic mass is 10.3. The quantitative estimate of drug-likeness (QED) is 0.170. The van der Waals surface area contributed by atoms with Gasteiger partial charge in [-0.1, -0.05) is 5.16 Å². The van der Waals surface area contributed by atoms with E-state index in [1.165, 1.54) is 14.0 Å². The van der Waals surface area contributed by atoms with Crippen molar-refractivity contribution in [1.82, 2.24) is 0 Å². The van der Waals surface area contributed by atoms with Crippen molar-refractivity contribution in [3.63, 3.8) is 0 Å². The van der Waals surface area contributed by atoms with Gasteiger partial charge in [0.25, 0.3) is 0 Å². The van der Waals surface area contributed by atoms with Crippen LogP contribution in [0.2, 0.25) is 0 Å². The van der Waals surface area contributed by atoms with Crippen molar-refractivity contribution in [1.29, 1.82) is 0 Å². The highest BCUT2D eigenvalue weighted by atomic mass is 35.5. The van der Waals surface area contributed by atoms with Crippen LogP contribution in [0.1, 0.15) is 13.3 Å². The third-order valence-corrected chi connectivity index (χ3v) is 1.27. The minimum Gasteiger partial charge on any atom is -0.408 e. The van der Waals surface area contributed by atoms with Gasteiger partial charge in [0.05, 0.1) is 5.88 Å². The second-order valence-electron chi connectivity index (χ2n) is 2.12. The molecule has 0 bridgehead atoms. The zero-order valence-corrected chi connectivity index (χ0v) is 8.13. The number of hydrogen-bond acceptors (Lipinski definition) is 5. The van der Waals surface area contributed by atoms with Crippen molar-refractivity contribution < 1.29 is 19.2 Å². The van der Waals surface area contributed by atoms with Crippen LogP contribution >= 0.6 is 11.6 Å². The van der Waals surface area contributed by atoms with E-state index in [4.69, 9.17) is 11.6 Å². The van der Waals surface area contributed by atoms with E-state index in [2.05, 4.69) is 14.7 Å². The molecule has 0 fully saturated rings. The van der Waals surface area contributed by atoms with Crippen LogP contribution in [0.15, 0.2) is 5.16 Å². The summed E-state index contributed by atoms with van der Waals surface area (Å²) in [6.07, 6.45) is -0.347. The summed E-state index contributed by atoms with van der Waals surface area (Å²) in [6.45, 7) is 1.44. The van der Waals surface area contributed by atoms with E-state index in [1.54, 1.807) is 0 Å². The molecule has 13 heavy (non-hydrogen) atoms. The second-order valence-corrected chi connectivity index (χ2v) is 2.38. The average Bonchev–Trinajstić information content (AvgIpc) is 2.04. The SMILES string of the molecule is CO/N=C(\C)OC(=O)CC(=O)CCl. The summed E-state index contributed by atoms with van der Waals surface area (Å²) in [5, 5.41) is 3.33. The second kappa shape index (κ2) is 6.42. The number of oxime groups is 1. The fraction of sp³-hybridized carbons (Fsp3) is 0.571. The number of esters is 1. The van der Waals surface area contributed by atoms with Crippen molar-refractivity contribution in [3.8, 4) is 0 Å². The van der Waals surface area contributed by atoms with Gasteiger partial charge < -0.3 is 9.57 Å². The molecule has 0 aromatic rings. The predicted molar refractivity (Wildman–Crippen MR) is 46.6 cm³/mol. The molecule has 0 spiro atoms. The topological polar surface area (TPSA) is 65.0 Å². The number of ether oxygens (including phenoxy) is 1. The molecule has 0 radical (unpaired) electrons. The number of alkyl halides is 1. The molecule has 74 valence electrons. The molecule has 0 amide bonds. The number of halogens is 1. The monoisotopic (exact) mass is 207 g/mol. The number of ketones is 1. The Morgan fingerprint density at radius 1 is 1.46 bits per heavy atom. The van der Waals surface area contributed by atoms with E-state index in [1.807, 2.05) is 0 Å². The lowest BCUT2D eigenvalue weighted by Crippen LogP contribution is -2.15. The van der Waals surface area contributed by atoms with Crippen molar-refractivity contribution in [2.24, 2.45) is 5.16 Å². The maximum atomic E-state index is 10.9. The molecule has 5 nitrogen and oxygen atoms in total. The lowest BCUT2D eigenvalue weighted by Gasteiger charge is -2.00. The molecular formula is C7H10ClNO4. The normalized spacial score (nSPS) is 10.8. The molecule has 0 saturated carbocycles. The highest BCUT2D eigenvalue weighted by Crippen LogP contribution is 1.93. The molecule has 0 unspecified atom stereocenters. The van der Waals surface area contributed by atoms with Gasteiger partial charge in [-0.2, -0.15) is 0 Å². The van der Waals surface area contributed by atoms with Crippen LogP contribution in [0.4, 0.5) is 0 Å². The Morgan fingerprint density at radius 2 is 2.08 bits per heavy atom. The number of rotatable bonds is 4. The zero-order chi connectivity index (χ0) is 10.3. The first-order valence-corrected chi connectivity index (χ1v) is 3.99. The van der Waals surface area contributed by atoms with Crippen LogP contribution < -0.4 is 0 Å². The Labute approximate surface area is 80.6 Å². The number of hydrogen-bond donors (Lipinski definition) is 0. The summed E-state index contributed by atoms with van der Waals surface area (Å²) in [5.41, 5.74) is 0. The molecule has 0 aromatic heterocycles. The Bertz CT molecular complexity index is 227. The van der Waals surface area contributed by atoms with E-state index in [0.717, 1.165) is 0 Å². The highest BCUT2D eigenvalue weighted by molar-refractivity contribution is 6.29. The van der Waals surface area contributed by atoms with E-state index in [-0.39, 0.29) is 18.2 Å². The van der Waals surface area contributed by atoms with Gasteiger partial charge in [0.2, 0.25) is 5.90 Å². The van der Waals surface area contributed by atoms with Crippen LogP contribution in [-0.4, -0.2) is 30.6 Å². The molecule has 0 aliphatic heterocycles. The first-order valence-electron chi connectivity index (χ1n) is 3.46.